The lowest BCUT2D eigenvalue weighted by atomic mass is 10.2. The molecule has 1 atom stereocenters. The lowest BCUT2D eigenvalue weighted by Gasteiger charge is -2.10. The summed E-state index contributed by atoms with van der Waals surface area (Å²) in [7, 11) is -0.641. The molecule has 0 amide bonds. The first-order chi connectivity index (χ1) is 7.37. The molecule has 1 heterocycles. The maximum Gasteiger partial charge on any atom is 0.308 e. The van der Waals surface area contributed by atoms with Crippen LogP contribution in [0.1, 0.15) is 5.69 Å². The van der Waals surface area contributed by atoms with E-state index in [4.69, 9.17) is 16.7 Å². The number of aliphatic hydroxyl groups excluding tert-OH is 1. The maximum atomic E-state index is 11.7. The fourth-order valence-electron chi connectivity index (χ4n) is 1.06. The second kappa shape index (κ2) is 5.13. The van der Waals surface area contributed by atoms with E-state index >= 15 is 0 Å². The van der Waals surface area contributed by atoms with Gasteiger partial charge in [0.2, 0.25) is 0 Å². The molecule has 0 aliphatic heterocycles. The molecule has 0 aliphatic carbocycles. The van der Waals surface area contributed by atoms with Gasteiger partial charge in [-0.1, -0.05) is 0 Å². The third kappa shape index (κ3) is 2.94. The van der Waals surface area contributed by atoms with Gasteiger partial charge in [-0.3, -0.25) is 0 Å². The molecule has 92 valence electrons. The van der Waals surface area contributed by atoms with Crippen LogP contribution in [-0.2, 0) is 16.6 Å². The lowest BCUT2D eigenvalue weighted by Crippen LogP contribution is -2.27. The Morgan fingerprint density at radius 3 is 2.75 bits per heavy atom. The summed E-state index contributed by atoms with van der Waals surface area (Å²) in [5, 5.41) is 8.30. The first-order valence-corrected chi connectivity index (χ1v) is 6.42. The molecule has 0 aliphatic rings. The van der Waals surface area contributed by atoms with Crippen LogP contribution in [0.3, 0.4) is 0 Å². The standard InChI is InChI=1S/C8H14ClN3O3S/c1-11(2)16(14,15)12-4-8(10-6-12)3-7(9)5-13/h4,6-7,13H,3,5H2,1-2H3/t7-/m0/s1. The Kier molecular flexibility index (Phi) is 4.31. The Labute approximate surface area is 99.6 Å². The second-order valence-electron chi connectivity index (χ2n) is 3.47. The van der Waals surface area contributed by atoms with Crippen molar-refractivity contribution in [2.24, 2.45) is 0 Å². The zero-order valence-corrected chi connectivity index (χ0v) is 10.6. The molecule has 0 fully saturated rings. The molecule has 0 bridgehead atoms. The molecule has 6 nitrogen and oxygen atoms in total. The van der Waals surface area contributed by atoms with Gasteiger partial charge in [-0.25, -0.2) is 8.96 Å². The van der Waals surface area contributed by atoms with Gasteiger partial charge in [0, 0.05) is 26.7 Å². The van der Waals surface area contributed by atoms with Crippen molar-refractivity contribution in [3.63, 3.8) is 0 Å². The van der Waals surface area contributed by atoms with Crippen LogP contribution in [0.5, 0.6) is 0 Å². The Morgan fingerprint density at radius 2 is 2.25 bits per heavy atom. The number of hydrogen-bond acceptors (Lipinski definition) is 4. The summed E-state index contributed by atoms with van der Waals surface area (Å²) in [6, 6.07) is 0. The highest BCUT2D eigenvalue weighted by Gasteiger charge is 2.17. The van der Waals surface area contributed by atoms with Gasteiger partial charge < -0.3 is 5.11 Å². The molecule has 0 aromatic carbocycles. The number of nitrogens with zero attached hydrogens (tertiary/aromatic N) is 3. The molecule has 1 aromatic heterocycles. The van der Waals surface area contributed by atoms with E-state index in [0.717, 1.165) is 8.28 Å². The summed E-state index contributed by atoms with van der Waals surface area (Å²) in [5.74, 6) is 0. The van der Waals surface area contributed by atoms with E-state index in [-0.39, 0.29) is 6.61 Å². The van der Waals surface area contributed by atoms with Crippen LogP contribution in [0.15, 0.2) is 12.5 Å². The number of imidazole rings is 1. The average Bonchev–Trinajstić information content (AvgIpc) is 2.66. The van der Waals surface area contributed by atoms with Gasteiger partial charge in [-0.2, -0.15) is 12.7 Å². The SMILES string of the molecule is CN(C)S(=O)(=O)n1cnc(C[C@H](Cl)CO)c1. The Balaban J connectivity index is 2.88. The Morgan fingerprint density at radius 1 is 1.62 bits per heavy atom. The molecule has 0 saturated carbocycles. The van der Waals surface area contributed by atoms with Gasteiger partial charge in [0.25, 0.3) is 0 Å². The van der Waals surface area contributed by atoms with E-state index in [9.17, 15) is 8.42 Å². The summed E-state index contributed by atoms with van der Waals surface area (Å²) >= 11 is 5.73. The highest BCUT2D eigenvalue weighted by Crippen LogP contribution is 2.08. The van der Waals surface area contributed by atoms with Crippen molar-refractivity contribution < 1.29 is 13.5 Å². The summed E-state index contributed by atoms with van der Waals surface area (Å²) in [5.41, 5.74) is 0.527. The van der Waals surface area contributed by atoms with Crippen LogP contribution < -0.4 is 0 Å². The van der Waals surface area contributed by atoms with Crippen molar-refractivity contribution in [2.75, 3.05) is 20.7 Å². The number of rotatable bonds is 5. The van der Waals surface area contributed by atoms with E-state index in [0.29, 0.717) is 12.1 Å². The maximum absolute atomic E-state index is 11.7. The molecular weight excluding hydrogens is 254 g/mol. The lowest BCUT2D eigenvalue weighted by molar-refractivity contribution is 0.291. The molecule has 1 N–H and O–H groups in total. The van der Waals surface area contributed by atoms with Crippen molar-refractivity contribution in [1.82, 2.24) is 13.3 Å². The van der Waals surface area contributed by atoms with E-state index in [1.807, 2.05) is 0 Å². The van der Waals surface area contributed by atoms with Crippen LogP contribution in [0.2, 0.25) is 0 Å². The number of aliphatic hydroxyl groups is 1. The van der Waals surface area contributed by atoms with Gasteiger partial charge in [-0.05, 0) is 0 Å². The van der Waals surface area contributed by atoms with E-state index in [1.54, 1.807) is 0 Å². The van der Waals surface area contributed by atoms with Crippen molar-refractivity contribution in [2.45, 2.75) is 11.8 Å². The fraction of sp³-hybridized carbons (Fsp3) is 0.625. The minimum Gasteiger partial charge on any atom is -0.395 e. The Bertz CT molecular complexity index is 443. The van der Waals surface area contributed by atoms with Crippen LogP contribution in [0, 0.1) is 0 Å². The second-order valence-corrected chi connectivity index (χ2v) is 6.13. The predicted molar refractivity (Wildman–Crippen MR) is 60.7 cm³/mol. The monoisotopic (exact) mass is 267 g/mol. The van der Waals surface area contributed by atoms with Crippen molar-refractivity contribution in [3.8, 4) is 0 Å². The molecule has 8 heteroatoms. The molecule has 0 spiro atoms. The number of halogens is 1. The smallest absolute Gasteiger partial charge is 0.308 e. The molecule has 1 aromatic rings. The topological polar surface area (TPSA) is 75.4 Å². The summed E-state index contributed by atoms with van der Waals surface area (Å²) in [6.07, 6.45) is 2.93. The van der Waals surface area contributed by atoms with E-state index < -0.39 is 15.6 Å². The van der Waals surface area contributed by atoms with Gasteiger partial charge in [-0.15, -0.1) is 11.6 Å². The van der Waals surface area contributed by atoms with E-state index in [1.165, 1.54) is 26.6 Å². The van der Waals surface area contributed by atoms with Gasteiger partial charge in [0.05, 0.1) is 17.7 Å². The molecule has 16 heavy (non-hydrogen) atoms. The molecule has 0 unspecified atom stereocenters. The fourth-order valence-corrected chi connectivity index (χ4v) is 2.01. The van der Waals surface area contributed by atoms with Gasteiger partial charge in [0.1, 0.15) is 6.33 Å². The number of hydrogen-bond donors (Lipinski definition) is 1. The number of aromatic nitrogens is 2. The molecule has 0 saturated heterocycles. The van der Waals surface area contributed by atoms with Crippen LogP contribution in [-0.4, -0.2) is 52.9 Å². The average molecular weight is 268 g/mol. The third-order valence-corrected chi connectivity index (χ3v) is 3.92. The minimum atomic E-state index is -3.52. The normalized spacial score (nSPS) is 14.3. The van der Waals surface area contributed by atoms with Crippen LogP contribution in [0.4, 0.5) is 0 Å². The van der Waals surface area contributed by atoms with Crippen molar-refractivity contribution in [3.05, 3.63) is 18.2 Å². The largest absolute Gasteiger partial charge is 0.395 e. The Hall–Kier alpha value is -0.630. The first kappa shape index (κ1) is 13.4. The zero-order chi connectivity index (χ0) is 12.3. The highest BCUT2D eigenvalue weighted by molar-refractivity contribution is 7.87. The molecular formula is C8H14ClN3O3S. The van der Waals surface area contributed by atoms with E-state index in [2.05, 4.69) is 4.98 Å². The van der Waals surface area contributed by atoms with Crippen LogP contribution in [0.25, 0.3) is 0 Å². The van der Waals surface area contributed by atoms with Gasteiger partial charge in [0.15, 0.2) is 0 Å². The molecule has 1 rings (SSSR count). The van der Waals surface area contributed by atoms with Gasteiger partial charge >= 0.3 is 10.2 Å². The highest BCUT2D eigenvalue weighted by atomic mass is 35.5. The third-order valence-electron chi connectivity index (χ3n) is 1.97. The first-order valence-electron chi connectivity index (χ1n) is 4.58. The quantitative estimate of drug-likeness (QED) is 0.742. The van der Waals surface area contributed by atoms with Crippen molar-refractivity contribution >= 4 is 21.8 Å². The number of alkyl halides is 1. The predicted octanol–water partition coefficient (Wildman–Crippen LogP) is -0.320. The summed E-state index contributed by atoms with van der Waals surface area (Å²) < 4.78 is 25.4. The summed E-state index contributed by atoms with van der Waals surface area (Å²) in [6.45, 7) is -0.172. The minimum absolute atomic E-state index is 0.172. The summed E-state index contributed by atoms with van der Waals surface area (Å²) in [4.78, 5) is 3.91. The van der Waals surface area contributed by atoms with Crippen LogP contribution >= 0.6 is 11.6 Å². The van der Waals surface area contributed by atoms with Crippen molar-refractivity contribution in [1.29, 1.82) is 0 Å². The zero-order valence-electron chi connectivity index (χ0n) is 9.04. The molecule has 0 radical (unpaired) electrons.